The first-order valence-electron chi connectivity index (χ1n) is 12.4. The Balaban J connectivity index is 0.00000304. The summed E-state index contributed by atoms with van der Waals surface area (Å²) >= 11 is 0. The van der Waals surface area contributed by atoms with Crippen LogP contribution in [0.2, 0.25) is 0 Å². The van der Waals surface area contributed by atoms with E-state index in [1.165, 1.54) is 11.1 Å². The van der Waals surface area contributed by atoms with Crippen LogP contribution in [0.25, 0.3) is 10.9 Å². The Hall–Kier alpha value is -3.03. The molecule has 2 heterocycles. The largest absolute Gasteiger partial charge is 0.508 e. The number of aromatic amines is 1. The molecule has 0 radical (unpaired) electrons. The lowest BCUT2D eigenvalue weighted by molar-refractivity contribution is -0.138. The molecule has 5 rings (SSSR count). The van der Waals surface area contributed by atoms with Gasteiger partial charge in [0, 0.05) is 36.6 Å². The number of rotatable bonds is 5. The van der Waals surface area contributed by atoms with E-state index < -0.39 is 11.6 Å². The van der Waals surface area contributed by atoms with Gasteiger partial charge in [0.2, 0.25) is 11.8 Å². The molecule has 2 aliphatic rings. The van der Waals surface area contributed by atoms with E-state index in [4.69, 9.17) is 5.73 Å². The molecule has 1 aliphatic heterocycles. The maximum atomic E-state index is 13.7. The highest BCUT2D eigenvalue weighted by Gasteiger charge is 2.42. The molecular formula is C28H35ClN4O3. The molecule has 192 valence electrons. The Kier molecular flexibility index (Phi) is 7.08. The number of aryl methyl sites for hydroxylation is 1. The number of phenolic OH excluding ortho intramolecular Hbond substituents is 1. The third-order valence-electron chi connectivity index (χ3n) is 7.86. The average Bonchev–Trinajstić information content (AvgIpc) is 3.39. The van der Waals surface area contributed by atoms with Gasteiger partial charge in [-0.15, -0.1) is 12.4 Å². The van der Waals surface area contributed by atoms with E-state index in [1.807, 2.05) is 11.1 Å². The van der Waals surface area contributed by atoms with Gasteiger partial charge in [0.15, 0.2) is 0 Å². The Labute approximate surface area is 217 Å². The van der Waals surface area contributed by atoms with Crippen molar-refractivity contribution in [1.29, 1.82) is 0 Å². The number of nitrogens with zero attached hydrogens (tertiary/aromatic N) is 1. The van der Waals surface area contributed by atoms with Gasteiger partial charge in [-0.1, -0.05) is 24.3 Å². The zero-order chi connectivity index (χ0) is 24.8. The summed E-state index contributed by atoms with van der Waals surface area (Å²) in [5.74, 6) is -0.290. The number of nitrogens with two attached hydrogens (primary N) is 1. The topological polar surface area (TPSA) is 111 Å². The predicted molar refractivity (Wildman–Crippen MR) is 143 cm³/mol. The maximum absolute atomic E-state index is 13.7. The van der Waals surface area contributed by atoms with Gasteiger partial charge in [0.05, 0.1) is 5.54 Å². The number of piperidine rings is 1. The monoisotopic (exact) mass is 510 g/mol. The van der Waals surface area contributed by atoms with Crippen LogP contribution in [0.3, 0.4) is 0 Å². The zero-order valence-corrected chi connectivity index (χ0v) is 21.7. The second-order valence-electron chi connectivity index (χ2n) is 10.8. The molecule has 0 saturated carbocycles. The van der Waals surface area contributed by atoms with Crippen molar-refractivity contribution in [2.75, 3.05) is 13.1 Å². The number of phenols is 1. The number of fused-ring (bicyclic) bond motifs is 3. The summed E-state index contributed by atoms with van der Waals surface area (Å²) in [4.78, 5) is 31.6. The predicted octanol–water partition coefficient (Wildman–Crippen LogP) is 3.57. The summed E-state index contributed by atoms with van der Waals surface area (Å²) in [7, 11) is 0. The van der Waals surface area contributed by atoms with Gasteiger partial charge < -0.3 is 26.0 Å². The van der Waals surface area contributed by atoms with Crippen molar-refractivity contribution in [2.24, 2.45) is 5.73 Å². The molecule has 2 amide bonds. The molecule has 1 unspecified atom stereocenters. The summed E-state index contributed by atoms with van der Waals surface area (Å²) < 4.78 is 0. The van der Waals surface area contributed by atoms with Crippen LogP contribution in [0, 0.1) is 0 Å². The smallest absolute Gasteiger partial charge is 0.245 e. The van der Waals surface area contributed by atoms with Crippen molar-refractivity contribution in [2.45, 2.75) is 62.9 Å². The number of amides is 2. The molecule has 1 atom stereocenters. The summed E-state index contributed by atoms with van der Waals surface area (Å²) in [5, 5.41) is 13.7. The Bertz CT molecular complexity index is 1270. The van der Waals surface area contributed by atoms with E-state index in [-0.39, 0.29) is 35.4 Å². The van der Waals surface area contributed by atoms with E-state index in [0.29, 0.717) is 19.5 Å². The highest BCUT2D eigenvalue weighted by molar-refractivity contribution is 5.92. The standard InChI is InChI=1S/C28H34N4O3.ClH/c1-27(2,29)26(35)31-24(15-19-17-30-23-8-7-20(33)16-21(19)23)25(34)32-13-11-28(12-14-32)10-9-18-5-3-4-6-22(18)28;/h3-8,16-17,24,30,33H,9-15,29H2,1-2H3,(H,31,35);1H. The van der Waals surface area contributed by atoms with Crippen molar-refractivity contribution < 1.29 is 14.7 Å². The molecule has 3 aromatic rings. The number of likely N-dealkylation sites (tertiary alicyclic amines) is 1. The van der Waals surface area contributed by atoms with Crippen LogP contribution in [0.5, 0.6) is 5.75 Å². The zero-order valence-electron chi connectivity index (χ0n) is 20.8. The average molecular weight is 511 g/mol. The molecule has 1 aliphatic carbocycles. The lowest BCUT2D eigenvalue weighted by Crippen LogP contribution is -2.58. The third kappa shape index (κ3) is 4.82. The molecule has 1 aromatic heterocycles. The molecule has 1 saturated heterocycles. The van der Waals surface area contributed by atoms with E-state index in [9.17, 15) is 14.7 Å². The van der Waals surface area contributed by atoms with Gasteiger partial charge in [-0.2, -0.15) is 0 Å². The van der Waals surface area contributed by atoms with Crippen LogP contribution >= 0.6 is 12.4 Å². The van der Waals surface area contributed by atoms with Gasteiger partial charge in [0.1, 0.15) is 11.8 Å². The van der Waals surface area contributed by atoms with E-state index in [2.05, 4.69) is 34.6 Å². The quantitative estimate of drug-likeness (QED) is 0.420. The van der Waals surface area contributed by atoms with E-state index in [0.717, 1.165) is 42.1 Å². The van der Waals surface area contributed by atoms with E-state index >= 15 is 0 Å². The highest BCUT2D eigenvalue weighted by Crippen LogP contribution is 2.46. The number of halogens is 1. The van der Waals surface area contributed by atoms with Crippen LogP contribution in [0.4, 0.5) is 0 Å². The lowest BCUT2D eigenvalue weighted by Gasteiger charge is -2.41. The highest BCUT2D eigenvalue weighted by atomic mass is 35.5. The fraction of sp³-hybridized carbons (Fsp3) is 0.429. The van der Waals surface area contributed by atoms with Crippen LogP contribution < -0.4 is 11.1 Å². The van der Waals surface area contributed by atoms with Gasteiger partial charge in [-0.25, -0.2) is 0 Å². The fourth-order valence-electron chi connectivity index (χ4n) is 5.76. The number of nitrogens with one attached hydrogen (secondary N) is 2. The van der Waals surface area contributed by atoms with Crippen molar-refractivity contribution in [1.82, 2.24) is 15.2 Å². The fourth-order valence-corrected chi connectivity index (χ4v) is 5.76. The van der Waals surface area contributed by atoms with Crippen molar-refractivity contribution >= 4 is 35.1 Å². The second-order valence-corrected chi connectivity index (χ2v) is 10.8. The van der Waals surface area contributed by atoms with Gasteiger partial charge in [-0.3, -0.25) is 9.59 Å². The van der Waals surface area contributed by atoms with Gasteiger partial charge in [-0.05, 0) is 79.8 Å². The maximum Gasteiger partial charge on any atom is 0.245 e. The molecule has 36 heavy (non-hydrogen) atoms. The minimum absolute atomic E-state index is 0. The summed E-state index contributed by atoms with van der Waals surface area (Å²) in [6.07, 6.45) is 6.25. The summed E-state index contributed by atoms with van der Waals surface area (Å²) in [6, 6.07) is 13.1. The first-order chi connectivity index (χ1) is 16.7. The number of hydrogen-bond donors (Lipinski definition) is 4. The number of aromatic hydroxyl groups is 1. The normalized spacial score (nSPS) is 17.5. The molecule has 5 N–H and O–H groups in total. The second kappa shape index (κ2) is 9.79. The third-order valence-corrected chi connectivity index (χ3v) is 7.86. The van der Waals surface area contributed by atoms with Crippen LogP contribution in [0.15, 0.2) is 48.7 Å². The van der Waals surface area contributed by atoms with Gasteiger partial charge >= 0.3 is 0 Å². The lowest BCUT2D eigenvalue weighted by atomic mass is 9.73. The number of carbonyl (C=O) groups excluding carboxylic acids is 2. The number of H-pyrrole nitrogens is 1. The first kappa shape index (κ1) is 26.0. The van der Waals surface area contributed by atoms with Crippen LogP contribution in [-0.2, 0) is 27.8 Å². The Morgan fingerprint density at radius 1 is 1.17 bits per heavy atom. The van der Waals surface area contributed by atoms with E-state index in [1.54, 1.807) is 32.0 Å². The molecule has 7 nitrogen and oxygen atoms in total. The van der Waals surface area contributed by atoms with Crippen molar-refractivity contribution in [3.63, 3.8) is 0 Å². The van der Waals surface area contributed by atoms with Crippen LogP contribution in [-0.4, -0.2) is 51.5 Å². The SMILES string of the molecule is CC(C)(N)C(=O)NC(Cc1c[nH]c2ccc(O)cc12)C(=O)N1CCC2(CCc3ccccc32)CC1.Cl. The Morgan fingerprint density at radius 2 is 1.89 bits per heavy atom. The van der Waals surface area contributed by atoms with Gasteiger partial charge in [0.25, 0.3) is 0 Å². The van der Waals surface area contributed by atoms with Crippen molar-refractivity contribution in [3.05, 3.63) is 65.4 Å². The number of hydrogen-bond acceptors (Lipinski definition) is 4. The number of aromatic nitrogens is 1. The minimum Gasteiger partial charge on any atom is -0.508 e. The number of benzene rings is 2. The summed E-state index contributed by atoms with van der Waals surface area (Å²) in [6.45, 7) is 4.60. The van der Waals surface area contributed by atoms with Crippen LogP contribution in [0.1, 0.15) is 49.8 Å². The first-order valence-corrected chi connectivity index (χ1v) is 12.4. The molecule has 1 fully saturated rings. The molecule has 0 bridgehead atoms. The number of carbonyl (C=O) groups is 2. The Morgan fingerprint density at radius 3 is 2.61 bits per heavy atom. The summed E-state index contributed by atoms with van der Waals surface area (Å²) in [5.41, 5.74) is 9.70. The molecular weight excluding hydrogens is 476 g/mol. The minimum atomic E-state index is -1.10. The van der Waals surface area contributed by atoms with Crippen molar-refractivity contribution in [3.8, 4) is 5.75 Å². The molecule has 2 aromatic carbocycles. The molecule has 8 heteroatoms. The molecule has 1 spiro atoms.